The number of halogens is 1. The van der Waals surface area contributed by atoms with Gasteiger partial charge >= 0.3 is 0 Å². The highest BCUT2D eigenvalue weighted by Crippen LogP contribution is 2.33. The Kier molecular flexibility index (Phi) is 3.48. The standard InChI is InChI=1S/C14H17BrN2O/c1-8-7-12(18-5)9(2)6-11(8)13-14(15)17(4)10(3)16-13/h6-7H,1-5H3. The number of imidazole rings is 1. The Hall–Kier alpha value is -1.29. The van der Waals surface area contributed by atoms with Gasteiger partial charge in [-0.05, 0) is 60.0 Å². The van der Waals surface area contributed by atoms with E-state index >= 15 is 0 Å². The summed E-state index contributed by atoms with van der Waals surface area (Å²) in [5.74, 6) is 1.91. The summed E-state index contributed by atoms with van der Waals surface area (Å²) in [4.78, 5) is 4.61. The van der Waals surface area contributed by atoms with Gasteiger partial charge in [0.15, 0.2) is 0 Å². The second-order valence-electron chi connectivity index (χ2n) is 4.49. The van der Waals surface area contributed by atoms with Crippen LogP contribution in [0.3, 0.4) is 0 Å². The van der Waals surface area contributed by atoms with Crippen molar-refractivity contribution in [3.8, 4) is 17.0 Å². The summed E-state index contributed by atoms with van der Waals surface area (Å²) < 4.78 is 8.38. The zero-order valence-electron chi connectivity index (χ0n) is 11.3. The first-order chi connectivity index (χ1) is 8.45. The molecule has 2 aromatic rings. The first kappa shape index (κ1) is 13.1. The lowest BCUT2D eigenvalue weighted by Crippen LogP contribution is -1.92. The van der Waals surface area contributed by atoms with E-state index in [1.165, 1.54) is 0 Å². The quantitative estimate of drug-likeness (QED) is 0.844. The largest absolute Gasteiger partial charge is 0.496 e. The van der Waals surface area contributed by atoms with Gasteiger partial charge in [-0.15, -0.1) is 0 Å². The lowest BCUT2D eigenvalue weighted by molar-refractivity contribution is 0.411. The van der Waals surface area contributed by atoms with Gasteiger partial charge in [-0.3, -0.25) is 0 Å². The fraction of sp³-hybridized carbons (Fsp3) is 0.357. The molecule has 0 atom stereocenters. The number of ether oxygens (including phenoxy) is 1. The van der Waals surface area contributed by atoms with E-state index in [2.05, 4.69) is 40.0 Å². The molecule has 0 aliphatic heterocycles. The molecule has 0 amide bonds. The van der Waals surface area contributed by atoms with Gasteiger partial charge in [0.2, 0.25) is 0 Å². The number of aryl methyl sites for hydroxylation is 3. The zero-order chi connectivity index (χ0) is 13.4. The normalized spacial score (nSPS) is 10.8. The van der Waals surface area contributed by atoms with Gasteiger partial charge in [-0.2, -0.15) is 0 Å². The predicted octanol–water partition coefficient (Wildman–Crippen LogP) is 3.78. The lowest BCUT2D eigenvalue weighted by atomic mass is 10.0. The van der Waals surface area contributed by atoms with Crippen LogP contribution in [0.25, 0.3) is 11.3 Å². The fourth-order valence-corrected chi connectivity index (χ4v) is 2.58. The third kappa shape index (κ3) is 2.05. The maximum atomic E-state index is 5.34. The van der Waals surface area contributed by atoms with Gasteiger partial charge < -0.3 is 9.30 Å². The van der Waals surface area contributed by atoms with Crippen LogP contribution in [-0.4, -0.2) is 16.7 Å². The van der Waals surface area contributed by atoms with Crippen molar-refractivity contribution in [3.05, 3.63) is 33.7 Å². The molecule has 1 aromatic heterocycles. The number of rotatable bonds is 2. The van der Waals surface area contributed by atoms with E-state index in [1.54, 1.807) is 7.11 Å². The van der Waals surface area contributed by atoms with E-state index in [4.69, 9.17) is 4.74 Å². The van der Waals surface area contributed by atoms with Crippen LogP contribution in [0, 0.1) is 20.8 Å². The van der Waals surface area contributed by atoms with Crippen molar-refractivity contribution in [1.82, 2.24) is 9.55 Å². The molecule has 3 nitrogen and oxygen atoms in total. The van der Waals surface area contributed by atoms with Crippen LogP contribution in [0.1, 0.15) is 17.0 Å². The van der Waals surface area contributed by atoms with Gasteiger partial charge in [-0.25, -0.2) is 4.98 Å². The molecule has 0 N–H and O–H groups in total. The maximum Gasteiger partial charge on any atom is 0.122 e. The SMILES string of the molecule is COc1cc(C)c(-c2nc(C)n(C)c2Br)cc1C. The van der Waals surface area contributed by atoms with Crippen LogP contribution in [0.2, 0.25) is 0 Å². The molecule has 0 aliphatic rings. The molecule has 0 fully saturated rings. The molecule has 2 rings (SSSR count). The van der Waals surface area contributed by atoms with E-state index in [0.717, 1.165) is 38.6 Å². The number of benzene rings is 1. The smallest absolute Gasteiger partial charge is 0.122 e. The summed E-state index contributed by atoms with van der Waals surface area (Å²) in [5.41, 5.74) is 4.41. The topological polar surface area (TPSA) is 27.1 Å². The van der Waals surface area contributed by atoms with Crippen molar-refractivity contribution in [2.45, 2.75) is 20.8 Å². The van der Waals surface area contributed by atoms with Gasteiger partial charge in [0, 0.05) is 12.6 Å². The van der Waals surface area contributed by atoms with E-state index < -0.39 is 0 Å². The molecule has 4 heteroatoms. The monoisotopic (exact) mass is 308 g/mol. The number of hydrogen-bond acceptors (Lipinski definition) is 2. The van der Waals surface area contributed by atoms with Crippen LogP contribution in [0.5, 0.6) is 5.75 Å². The van der Waals surface area contributed by atoms with Crippen molar-refractivity contribution < 1.29 is 4.74 Å². The summed E-state index contributed by atoms with van der Waals surface area (Å²) >= 11 is 3.60. The molecule has 96 valence electrons. The van der Waals surface area contributed by atoms with Crippen LogP contribution in [0.15, 0.2) is 16.7 Å². The molecule has 18 heavy (non-hydrogen) atoms. The second kappa shape index (κ2) is 4.76. The third-order valence-corrected chi connectivity index (χ3v) is 4.15. The van der Waals surface area contributed by atoms with Crippen molar-refractivity contribution >= 4 is 15.9 Å². The first-order valence-corrected chi connectivity index (χ1v) is 6.59. The number of nitrogens with zero attached hydrogens (tertiary/aromatic N) is 2. The van der Waals surface area contributed by atoms with Crippen LogP contribution in [-0.2, 0) is 7.05 Å². The molecule has 0 unspecified atom stereocenters. The summed E-state index contributed by atoms with van der Waals surface area (Å²) in [6.45, 7) is 6.12. The maximum absolute atomic E-state index is 5.34. The highest BCUT2D eigenvalue weighted by Gasteiger charge is 2.15. The van der Waals surface area contributed by atoms with Crippen LogP contribution < -0.4 is 4.74 Å². The molecule has 1 aromatic carbocycles. The molecular weight excluding hydrogens is 292 g/mol. The van der Waals surface area contributed by atoms with Gasteiger partial charge in [0.1, 0.15) is 21.9 Å². The lowest BCUT2D eigenvalue weighted by Gasteiger charge is -2.10. The predicted molar refractivity (Wildman–Crippen MR) is 77.1 cm³/mol. The summed E-state index contributed by atoms with van der Waals surface area (Å²) in [6, 6.07) is 4.18. The average molecular weight is 309 g/mol. The first-order valence-electron chi connectivity index (χ1n) is 5.80. The van der Waals surface area contributed by atoms with Gasteiger partial charge in [-0.1, -0.05) is 0 Å². The van der Waals surface area contributed by atoms with E-state index in [1.807, 2.05) is 25.5 Å². The minimum Gasteiger partial charge on any atom is -0.496 e. The van der Waals surface area contributed by atoms with Crippen LogP contribution in [0.4, 0.5) is 0 Å². The zero-order valence-corrected chi connectivity index (χ0v) is 12.9. The molecule has 0 saturated carbocycles. The Labute approximate surface area is 116 Å². The van der Waals surface area contributed by atoms with Gasteiger partial charge in [0.05, 0.1) is 7.11 Å². The molecular formula is C14H17BrN2O. The fourth-order valence-electron chi connectivity index (χ4n) is 2.02. The van der Waals surface area contributed by atoms with E-state index in [0.29, 0.717) is 0 Å². The Balaban J connectivity index is 2.64. The van der Waals surface area contributed by atoms with Crippen molar-refractivity contribution in [2.24, 2.45) is 7.05 Å². The average Bonchev–Trinajstić information content (AvgIpc) is 2.59. The van der Waals surface area contributed by atoms with Crippen molar-refractivity contribution in [3.63, 3.8) is 0 Å². The Morgan fingerprint density at radius 3 is 2.33 bits per heavy atom. The van der Waals surface area contributed by atoms with Crippen molar-refractivity contribution in [2.75, 3.05) is 7.11 Å². The summed E-state index contributed by atoms with van der Waals surface area (Å²) in [6.07, 6.45) is 0. The Bertz CT molecular complexity index is 602. The van der Waals surface area contributed by atoms with Crippen molar-refractivity contribution in [1.29, 1.82) is 0 Å². The Morgan fingerprint density at radius 1 is 1.17 bits per heavy atom. The minimum absolute atomic E-state index is 0.917. The van der Waals surface area contributed by atoms with Gasteiger partial charge in [0.25, 0.3) is 0 Å². The molecule has 0 aliphatic carbocycles. The van der Waals surface area contributed by atoms with E-state index in [9.17, 15) is 0 Å². The highest BCUT2D eigenvalue weighted by molar-refractivity contribution is 9.10. The Morgan fingerprint density at radius 2 is 1.83 bits per heavy atom. The molecule has 0 bridgehead atoms. The highest BCUT2D eigenvalue weighted by atomic mass is 79.9. The molecule has 0 saturated heterocycles. The third-order valence-electron chi connectivity index (χ3n) is 3.25. The molecule has 0 radical (unpaired) electrons. The number of hydrogen-bond donors (Lipinski definition) is 0. The minimum atomic E-state index is 0.917. The van der Waals surface area contributed by atoms with E-state index in [-0.39, 0.29) is 0 Å². The number of aromatic nitrogens is 2. The summed E-state index contributed by atoms with van der Waals surface area (Å²) in [5, 5.41) is 0. The summed E-state index contributed by atoms with van der Waals surface area (Å²) in [7, 11) is 3.70. The number of methoxy groups -OCH3 is 1. The van der Waals surface area contributed by atoms with Crippen LogP contribution >= 0.6 is 15.9 Å². The second-order valence-corrected chi connectivity index (χ2v) is 5.25. The molecule has 1 heterocycles. The molecule has 0 spiro atoms.